The zero-order chi connectivity index (χ0) is 20.4. The highest BCUT2D eigenvalue weighted by Gasteiger charge is 2.05. The van der Waals surface area contributed by atoms with Crippen molar-refractivity contribution < 1.29 is 9.53 Å². The Morgan fingerprint density at radius 3 is 2.29 bits per heavy atom. The first-order chi connectivity index (χ1) is 13.6. The van der Waals surface area contributed by atoms with E-state index >= 15 is 0 Å². The van der Waals surface area contributed by atoms with Crippen molar-refractivity contribution in [3.63, 3.8) is 0 Å². The Hall–Kier alpha value is -2.82. The summed E-state index contributed by atoms with van der Waals surface area (Å²) in [4.78, 5) is 14.2. The molecular weight excluding hydrogens is 350 g/mol. The van der Waals surface area contributed by atoms with Gasteiger partial charge in [0.1, 0.15) is 5.75 Å². The maximum absolute atomic E-state index is 11.9. The number of hydrogen-bond acceptors (Lipinski definition) is 4. The van der Waals surface area contributed by atoms with Gasteiger partial charge in [-0.3, -0.25) is 4.79 Å². The van der Waals surface area contributed by atoms with Gasteiger partial charge in [-0.2, -0.15) is 5.10 Å². The molecule has 28 heavy (non-hydrogen) atoms. The van der Waals surface area contributed by atoms with Crippen LogP contribution in [0.15, 0.2) is 53.6 Å². The number of carbonyl (C=O) groups excluding carboxylic acids is 1. The molecule has 1 amide bonds. The third-order valence-corrected chi connectivity index (χ3v) is 4.86. The number of rotatable bonds is 10. The first-order valence-corrected chi connectivity index (χ1v) is 9.97. The average Bonchev–Trinajstić information content (AvgIpc) is 2.74. The number of ether oxygens (including phenoxy) is 1. The molecule has 150 valence electrons. The summed E-state index contributed by atoms with van der Waals surface area (Å²) in [5.74, 6) is 0.910. The van der Waals surface area contributed by atoms with Crippen LogP contribution in [0.4, 0.5) is 5.69 Å². The molecule has 0 aliphatic heterocycles. The standard InChI is InChI=1S/C23H31N3O2/c1-5-18(4)20-10-14-22(15-11-20)28-17-23(27)25-24-16-19-8-12-21(13-9-19)26(6-2)7-3/h8-16,18H,5-7,17H2,1-4H3,(H,25,27)/b24-16+/t18-/m0/s1. The number of hydrogen-bond donors (Lipinski definition) is 1. The van der Waals surface area contributed by atoms with Crippen molar-refractivity contribution in [2.24, 2.45) is 5.10 Å². The summed E-state index contributed by atoms with van der Waals surface area (Å²) < 4.78 is 5.51. The lowest BCUT2D eigenvalue weighted by Crippen LogP contribution is -2.24. The Kier molecular flexibility index (Phi) is 8.53. The lowest BCUT2D eigenvalue weighted by Gasteiger charge is -2.20. The lowest BCUT2D eigenvalue weighted by molar-refractivity contribution is -0.123. The predicted molar refractivity (Wildman–Crippen MR) is 116 cm³/mol. The summed E-state index contributed by atoms with van der Waals surface area (Å²) in [6, 6.07) is 16.0. The van der Waals surface area contributed by atoms with E-state index in [1.54, 1.807) is 6.21 Å². The predicted octanol–water partition coefficient (Wildman–Crippen LogP) is 4.58. The van der Waals surface area contributed by atoms with E-state index < -0.39 is 0 Å². The maximum atomic E-state index is 11.9. The molecule has 2 rings (SSSR count). The van der Waals surface area contributed by atoms with Crippen LogP contribution in [0.5, 0.6) is 5.75 Å². The van der Waals surface area contributed by atoms with E-state index in [1.807, 2.05) is 36.4 Å². The average molecular weight is 382 g/mol. The Morgan fingerprint density at radius 2 is 1.71 bits per heavy atom. The van der Waals surface area contributed by atoms with Gasteiger partial charge in [-0.05, 0) is 61.6 Å². The smallest absolute Gasteiger partial charge is 0.277 e. The zero-order valence-corrected chi connectivity index (χ0v) is 17.3. The molecule has 2 aromatic carbocycles. The molecule has 0 aliphatic carbocycles. The summed E-state index contributed by atoms with van der Waals surface area (Å²) >= 11 is 0. The minimum atomic E-state index is -0.290. The molecule has 0 bridgehead atoms. The number of amides is 1. The van der Waals surface area contributed by atoms with Crippen molar-refractivity contribution in [1.82, 2.24) is 5.43 Å². The van der Waals surface area contributed by atoms with Gasteiger partial charge < -0.3 is 9.64 Å². The SMILES string of the molecule is CC[C@H](C)c1ccc(OCC(=O)N/N=C/c2ccc(N(CC)CC)cc2)cc1. The fraction of sp³-hybridized carbons (Fsp3) is 0.391. The minimum Gasteiger partial charge on any atom is -0.484 e. The largest absolute Gasteiger partial charge is 0.484 e. The third-order valence-electron chi connectivity index (χ3n) is 4.86. The van der Waals surface area contributed by atoms with Crippen LogP contribution in [-0.2, 0) is 4.79 Å². The summed E-state index contributed by atoms with van der Waals surface area (Å²) in [6.07, 6.45) is 2.73. The van der Waals surface area contributed by atoms with Crippen LogP contribution in [-0.4, -0.2) is 31.8 Å². The highest BCUT2D eigenvalue weighted by Crippen LogP contribution is 2.21. The summed E-state index contributed by atoms with van der Waals surface area (Å²) in [5, 5.41) is 4.00. The van der Waals surface area contributed by atoms with Crippen molar-refractivity contribution in [1.29, 1.82) is 0 Å². The van der Waals surface area contributed by atoms with E-state index in [0.717, 1.165) is 25.1 Å². The molecule has 2 aromatic rings. The molecule has 1 N–H and O–H groups in total. The molecule has 0 saturated carbocycles. The van der Waals surface area contributed by atoms with E-state index in [2.05, 4.69) is 55.3 Å². The summed E-state index contributed by atoms with van der Waals surface area (Å²) in [5.41, 5.74) is 5.88. The quantitative estimate of drug-likeness (QED) is 0.484. The highest BCUT2D eigenvalue weighted by atomic mass is 16.5. The maximum Gasteiger partial charge on any atom is 0.277 e. The van der Waals surface area contributed by atoms with E-state index in [9.17, 15) is 4.79 Å². The van der Waals surface area contributed by atoms with Gasteiger partial charge in [0.05, 0.1) is 6.21 Å². The minimum absolute atomic E-state index is 0.0685. The molecule has 0 heterocycles. The number of benzene rings is 2. The second kappa shape index (κ2) is 11.1. The van der Waals surface area contributed by atoms with E-state index in [0.29, 0.717) is 11.7 Å². The van der Waals surface area contributed by atoms with Gasteiger partial charge in [-0.25, -0.2) is 5.43 Å². The Balaban J connectivity index is 1.79. The Morgan fingerprint density at radius 1 is 1.07 bits per heavy atom. The zero-order valence-electron chi connectivity index (χ0n) is 17.3. The van der Waals surface area contributed by atoms with Gasteiger partial charge in [-0.1, -0.05) is 38.1 Å². The number of hydrazone groups is 1. The normalized spacial score (nSPS) is 12.0. The summed E-state index contributed by atoms with van der Waals surface area (Å²) in [7, 11) is 0. The van der Waals surface area contributed by atoms with Crippen molar-refractivity contribution in [2.45, 2.75) is 40.0 Å². The molecule has 5 heteroatoms. The number of anilines is 1. The fourth-order valence-electron chi connectivity index (χ4n) is 2.85. The van der Waals surface area contributed by atoms with Crippen LogP contribution in [0.2, 0.25) is 0 Å². The molecule has 1 atom stereocenters. The molecule has 0 saturated heterocycles. The Labute approximate surface area is 168 Å². The van der Waals surface area contributed by atoms with Gasteiger partial charge in [0.15, 0.2) is 6.61 Å². The topological polar surface area (TPSA) is 53.9 Å². The van der Waals surface area contributed by atoms with Crippen molar-refractivity contribution >= 4 is 17.8 Å². The van der Waals surface area contributed by atoms with E-state index in [-0.39, 0.29) is 12.5 Å². The molecule has 0 aliphatic rings. The van der Waals surface area contributed by atoms with Gasteiger partial charge >= 0.3 is 0 Å². The van der Waals surface area contributed by atoms with Crippen molar-refractivity contribution in [3.05, 3.63) is 59.7 Å². The van der Waals surface area contributed by atoms with Crippen LogP contribution in [0.3, 0.4) is 0 Å². The van der Waals surface area contributed by atoms with Gasteiger partial charge in [0.2, 0.25) is 0 Å². The molecule has 0 unspecified atom stereocenters. The van der Waals surface area contributed by atoms with Gasteiger partial charge in [0.25, 0.3) is 5.91 Å². The molecule has 0 spiro atoms. The monoisotopic (exact) mass is 381 g/mol. The van der Waals surface area contributed by atoms with E-state index in [1.165, 1.54) is 11.3 Å². The van der Waals surface area contributed by atoms with Crippen molar-refractivity contribution in [3.8, 4) is 5.75 Å². The first-order valence-electron chi connectivity index (χ1n) is 9.97. The van der Waals surface area contributed by atoms with Crippen LogP contribution in [0, 0.1) is 0 Å². The van der Waals surface area contributed by atoms with E-state index in [4.69, 9.17) is 4.74 Å². The molecule has 0 radical (unpaired) electrons. The molecule has 5 nitrogen and oxygen atoms in total. The lowest BCUT2D eigenvalue weighted by atomic mass is 9.99. The van der Waals surface area contributed by atoms with Crippen LogP contribution in [0.25, 0.3) is 0 Å². The molecule has 0 fully saturated rings. The first kappa shape index (κ1) is 21.5. The molecular formula is C23H31N3O2. The second-order valence-electron chi connectivity index (χ2n) is 6.72. The number of carbonyl (C=O) groups is 1. The molecule has 0 aromatic heterocycles. The fourth-order valence-corrected chi connectivity index (χ4v) is 2.85. The summed E-state index contributed by atoms with van der Waals surface area (Å²) in [6.45, 7) is 10.5. The van der Waals surface area contributed by atoms with Crippen molar-refractivity contribution in [2.75, 3.05) is 24.6 Å². The van der Waals surface area contributed by atoms with Crippen LogP contribution in [0.1, 0.15) is 51.2 Å². The van der Waals surface area contributed by atoms with Crippen LogP contribution < -0.4 is 15.1 Å². The van der Waals surface area contributed by atoms with Gasteiger partial charge in [0, 0.05) is 18.8 Å². The second-order valence-corrected chi connectivity index (χ2v) is 6.72. The highest BCUT2D eigenvalue weighted by molar-refractivity contribution is 5.83. The van der Waals surface area contributed by atoms with Crippen LogP contribution >= 0.6 is 0 Å². The van der Waals surface area contributed by atoms with Gasteiger partial charge in [-0.15, -0.1) is 0 Å². The number of nitrogens with one attached hydrogen (secondary N) is 1. The third kappa shape index (κ3) is 6.41. The number of nitrogens with zero attached hydrogens (tertiary/aromatic N) is 2. The Bertz CT molecular complexity index is 750.